The summed E-state index contributed by atoms with van der Waals surface area (Å²) in [6, 6.07) is 0. The monoisotopic (exact) mass is 440 g/mol. The van der Waals surface area contributed by atoms with Gasteiger partial charge in [-0.25, -0.2) is 0 Å². The Labute approximate surface area is 178 Å². The van der Waals surface area contributed by atoms with E-state index in [1.54, 1.807) is 0 Å². The Bertz CT molecular complexity index is 672. The van der Waals surface area contributed by atoms with Gasteiger partial charge < -0.3 is 13.9 Å². The van der Waals surface area contributed by atoms with E-state index in [0.717, 1.165) is 18.4 Å². The molecule has 0 bridgehead atoms. The summed E-state index contributed by atoms with van der Waals surface area (Å²) in [6.45, 7) is 18.0. The first-order valence-corrected chi connectivity index (χ1v) is 17.2. The zero-order chi connectivity index (χ0) is 22.3. The molecule has 1 heterocycles. The minimum absolute atomic E-state index is 0.103. The first-order valence-electron chi connectivity index (χ1n) is 10.8. The Hall–Kier alpha value is -0.766. The normalized spacial score (nSPS) is 27.8. The lowest BCUT2D eigenvalue weighted by Crippen LogP contribution is -2.44. The highest BCUT2D eigenvalue weighted by atomic mass is 28.4. The van der Waals surface area contributed by atoms with Gasteiger partial charge in [0.15, 0.2) is 14.1 Å². The molecular formula is C22H40O5Si2. The number of ether oxygens (including phenoxy) is 2. The van der Waals surface area contributed by atoms with E-state index in [1.165, 1.54) is 7.11 Å². The molecule has 0 saturated carbocycles. The summed E-state index contributed by atoms with van der Waals surface area (Å²) in [6.07, 6.45) is 5.25. The number of esters is 1. The SMILES string of the molecule is COC(=O)CCCC1OC1(CC1=C[C@H](O[Si](C)(C)C(C)(C)C)CC1=O)[Si](C)(C)C. The molecule has 166 valence electrons. The van der Waals surface area contributed by atoms with Crippen LogP contribution in [0.3, 0.4) is 0 Å². The van der Waals surface area contributed by atoms with Gasteiger partial charge in [0.2, 0.25) is 0 Å². The van der Waals surface area contributed by atoms with Crippen LogP contribution in [0.5, 0.6) is 0 Å². The minimum Gasteiger partial charge on any atom is -0.469 e. The molecule has 0 spiro atoms. The van der Waals surface area contributed by atoms with Crippen LogP contribution in [-0.4, -0.2) is 52.7 Å². The van der Waals surface area contributed by atoms with E-state index in [9.17, 15) is 9.59 Å². The van der Waals surface area contributed by atoms with Crippen molar-refractivity contribution in [1.29, 1.82) is 0 Å². The number of carbonyl (C=O) groups is 2. The molecule has 0 amide bonds. The third kappa shape index (κ3) is 5.48. The molecular weight excluding hydrogens is 400 g/mol. The molecule has 7 heteroatoms. The second kappa shape index (κ2) is 8.40. The number of epoxide rings is 1. The van der Waals surface area contributed by atoms with E-state index in [2.05, 4.69) is 59.6 Å². The Kier molecular flexibility index (Phi) is 7.10. The quantitative estimate of drug-likeness (QED) is 0.286. The molecule has 2 unspecified atom stereocenters. The highest BCUT2D eigenvalue weighted by Gasteiger charge is 2.63. The largest absolute Gasteiger partial charge is 0.469 e. The van der Waals surface area contributed by atoms with Gasteiger partial charge in [0.05, 0.1) is 32.6 Å². The second-order valence-corrected chi connectivity index (χ2v) is 21.2. The van der Waals surface area contributed by atoms with Crippen LogP contribution in [0.25, 0.3) is 0 Å². The summed E-state index contributed by atoms with van der Waals surface area (Å²) in [5, 5.41) is -0.0903. The fraction of sp³-hybridized carbons (Fsp3) is 0.818. The van der Waals surface area contributed by atoms with Crippen molar-refractivity contribution in [2.75, 3.05) is 7.11 Å². The summed E-state index contributed by atoms with van der Waals surface area (Å²) in [4.78, 5) is 24.2. The maximum atomic E-state index is 12.8. The van der Waals surface area contributed by atoms with Gasteiger partial charge in [-0.05, 0) is 42.6 Å². The number of carbonyl (C=O) groups excluding carboxylic acids is 2. The Morgan fingerprint density at radius 1 is 1.24 bits per heavy atom. The molecule has 2 rings (SSSR count). The zero-order valence-electron chi connectivity index (χ0n) is 19.8. The van der Waals surface area contributed by atoms with Crippen LogP contribution >= 0.6 is 0 Å². The predicted octanol–water partition coefficient (Wildman–Crippen LogP) is 5.02. The van der Waals surface area contributed by atoms with Gasteiger partial charge in [0.1, 0.15) is 0 Å². The second-order valence-electron chi connectivity index (χ2n) is 11.1. The molecule has 1 saturated heterocycles. The lowest BCUT2D eigenvalue weighted by molar-refractivity contribution is -0.140. The van der Waals surface area contributed by atoms with Crippen molar-refractivity contribution in [2.24, 2.45) is 0 Å². The third-order valence-electron chi connectivity index (χ3n) is 7.00. The summed E-state index contributed by atoms with van der Waals surface area (Å²) in [5.41, 5.74) is 0.881. The van der Waals surface area contributed by atoms with E-state index in [0.29, 0.717) is 19.3 Å². The van der Waals surface area contributed by atoms with E-state index in [1.807, 2.05) is 0 Å². The van der Waals surface area contributed by atoms with Gasteiger partial charge in [-0.3, -0.25) is 9.59 Å². The Balaban J connectivity index is 2.06. The fourth-order valence-corrected chi connectivity index (χ4v) is 7.48. The van der Waals surface area contributed by atoms with Crippen molar-refractivity contribution in [2.45, 2.75) is 108 Å². The Morgan fingerprint density at radius 3 is 2.38 bits per heavy atom. The maximum absolute atomic E-state index is 12.8. The van der Waals surface area contributed by atoms with E-state index in [-0.39, 0.29) is 34.2 Å². The number of methoxy groups -OCH3 is 1. The fourth-order valence-electron chi connectivity index (χ4n) is 3.89. The van der Waals surface area contributed by atoms with Crippen LogP contribution in [0.4, 0.5) is 0 Å². The first kappa shape index (κ1) is 24.5. The molecule has 0 aromatic carbocycles. The topological polar surface area (TPSA) is 65.1 Å². The third-order valence-corrected chi connectivity index (χ3v) is 14.7. The van der Waals surface area contributed by atoms with E-state index < -0.39 is 16.4 Å². The molecule has 1 aliphatic carbocycles. The lowest BCUT2D eigenvalue weighted by atomic mass is 10.0. The minimum atomic E-state index is -1.92. The highest BCUT2D eigenvalue weighted by Crippen LogP contribution is 2.52. The molecule has 0 N–H and O–H groups in total. The van der Waals surface area contributed by atoms with Crippen molar-refractivity contribution in [3.8, 4) is 0 Å². The van der Waals surface area contributed by atoms with Gasteiger partial charge in [-0.15, -0.1) is 0 Å². The van der Waals surface area contributed by atoms with Crippen molar-refractivity contribution in [3.05, 3.63) is 11.6 Å². The summed E-state index contributed by atoms with van der Waals surface area (Å²) in [5.74, 6) is 0.0266. The van der Waals surface area contributed by atoms with Crippen molar-refractivity contribution < 1.29 is 23.5 Å². The number of Topliss-reactive ketones (excluding diaryl/α,β-unsaturated/α-hetero) is 1. The van der Waals surface area contributed by atoms with Crippen LogP contribution in [0.2, 0.25) is 37.8 Å². The average molecular weight is 441 g/mol. The van der Waals surface area contributed by atoms with E-state index in [4.69, 9.17) is 13.9 Å². The first-order chi connectivity index (χ1) is 13.1. The molecule has 29 heavy (non-hydrogen) atoms. The number of hydrogen-bond acceptors (Lipinski definition) is 5. The van der Waals surface area contributed by atoms with Crippen molar-refractivity contribution in [1.82, 2.24) is 0 Å². The lowest BCUT2D eigenvalue weighted by Gasteiger charge is -2.37. The molecule has 0 radical (unpaired) electrons. The summed E-state index contributed by atoms with van der Waals surface area (Å²) >= 11 is 0. The van der Waals surface area contributed by atoms with Gasteiger partial charge in [0.25, 0.3) is 0 Å². The summed E-state index contributed by atoms with van der Waals surface area (Å²) in [7, 11) is -2.18. The maximum Gasteiger partial charge on any atom is 0.305 e. The van der Waals surface area contributed by atoms with Crippen molar-refractivity contribution in [3.63, 3.8) is 0 Å². The van der Waals surface area contributed by atoms with Gasteiger partial charge in [-0.1, -0.05) is 40.4 Å². The smallest absolute Gasteiger partial charge is 0.305 e. The molecule has 1 fully saturated rings. The standard InChI is InChI=1S/C22H40O5Si2/c1-21(2,3)29(8,9)27-17-13-16(18(23)14-17)15-22(28(5,6)7)19(26-22)11-10-12-20(24)25-4/h13,17,19H,10-12,14-15H2,1-9H3/t17-,19?,22?/m0/s1. The van der Waals surface area contributed by atoms with Crippen LogP contribution in [0, 0.1) is 0 Å². The Morgan fingerprint density at radius 2 is 1.86 bits per heavy atom. The van der Waals surface area contributed by atoms with Gasteiger partial charge >= 0.3 is 5.97 Å². The van der Waals surface area contributed by atoms with Crippen molar-refractivity contribution >= 4 is 28.1 Å². The highest BCUT2D eigenvalue weighted by molar-refractivity contribution is 6.80. The number of hydrogen-bond donors (Lipinski definition) is 0. The summed E-state index contributed by atoms with van der Waals surface area (Å²) < 4.78 is 17.5. The molecule has 0 aromatic heterocycles. The zero-order valence-corrected chi connectivity index (χ0v) is 21.8. The number of ketones is 1. The predicted molar refractivity (Wildman–Crippen MR) is 121 cm³/mol. The van der Waals surface area contributed by atoms with Gasteiger partial charge in [-0.2, -0.15) is 0 Å². The molecule has 1 aliphatic heterocycles. The van der Waals surface area contributed by atoms with Crippen LogP contribution < -0.4 is 0 Å². The number of rotatable bonds is 9. The van der Waals surface area contributed by atoms with Gasteiger partial charge in [0, 0.05) is 19.3 Å². The molecule has 2 aliphatic rings. The molecule has 3 atom stereocenters. The average Bonchev–Trinajstić information content (AvgIpc) is 3.16. The van der Waals surface area contributed by atoms with Crippen LogP contribution in [0.1, 0.15) is 52.9 Å². The van der Waals surface area contributed by atoms with Crippen LogP contribution in [0.15, 0.2) is 11.6 Å². The molecule has 0 aromatic rings. The molecule has 5 nitrogen and oxygen atoms in total. The van der Waals surface area contributed by atoms with E-state index >= 15 is 0 Å². The van der Waals surface area contributed by atoms with Crippen LogP contribution in [-0.2, 0) is 23.5 Å².